The third kappa shape index (κ3) is 4.05. The molecule has 0 spiro atoms. The van der Waals surface area contributed by atoms with Gasteiger partial charge in [0.05, 0.1) is 6.54 Å². The lowest BCUT2D eigenvalue weighted by Crippen LogP contribution is -2.42. The van der Waals surface area contributed by atoms with Crippen molar-refractivity contribution >= 4 is 11.6 Å². The van der Waals surface area contributed by atoms with Crippen LogP contribution in [0.5, 0.6) is 0 Å². The first-order chi connectivity index (χ1) is 9.56. The number of anilines is 1. The van der Waals surface area contributed by atoms with Crippen LogP contribution in [0.3, 0.4) is 0 Å². The topological polar surface area (TPSA) is 58.4 Å². The summed E-state index contributed by atoms with van der Waals surface area (Å²) < 4.78 is 0. The van der Waals surface area contributed by atoms with E-state index in [-0.39, 0.29) is 5.91 Å². The number of hydrogen-bond acceptors (Lipinski definition) is 3. The lowest BCUT2D eigenvalue weighted by atomic mass is 9.91. The van der Waals surface area contributed by atoms with Gasteiger partial charge in [-0.1, -0.05) is 18.2 Å². The molecule has 1 aromatic carbocycles. The van der Waals surface area contributed by atoms with Crippen molar-refractivity contribution in [1.82, 2.24) is 4.90 Å². The average molecular weight is 275 g/mol. The Balaban J connectivity index is 1.84. The van der Waals surface area contributed by atoms with Crippen LogP contribution < -0.4 is 11.1 Å². The third-order valence-corrected chi connectivity index (χ3v) is 4.18. The molecule has 0 atom stereocenters. The molecule has 0 radical (unpaired) electrons. The third-order valence-electron chi connectivity index (χ3n) is 4.18. The van der Waals surface area contributed by atoms with Gasteiger partial charge in [-0.25, -0.2) is 0 Å². The standard InChI is InChI=1S/C16H25N3O/c1-12-5-3-4-6-15(12)18-16(20)11-19(2)14-9-7-13(17)8-10-14/h3-6,13-14H,7-11,17H2,1-2H3,(H,18,20). The molecule has 20 heavy (non-hydrogen) atoms. The van der Waals surface area contributed by atoms with Crippen molar-refractivity contribution in [1.29, 1.82) is 0 Å². The van der Waals surface area contributed by atoms with Crippen LogP contribution in [0.25, 0.3) is 0 Å². The Labute approximate surface area is 121 Å². The van der Waals surface area contributed by atoms with E-state index in [1.807, 2.05) is 38.2 Å². The highest BCUT2D eigenvalue weighted by Gasteiger charge is 2.23. The fraction of sp³-hybridized carbons (Fsp3) is 0.562. The normalized spacial score (nSPS) is 22.8. The summed E-state index contributed by atoms with van der Waals surface area (Å²) in [6, 6.07) is 8.68. The number of carbonyl (C=O) groups excluding carboxylic acids is 1. The highest BCUT2D eigenvalue weighted by Crippen LogP contribution is 2.21. The van der Waals surface area contributed by atoms with Gasteiger partial charge in [-0.15, -0.1) is 0 Å². The van der Waals surface area contributed by atoms with Crippen LogP contribution in [0, 0.1) is 6.92 Å². The Bertz CT molecular complexity index is 453. The largest absolute Gasteiger partial charge is 0.328 e. The van der Waals surface area contributed by atoms with Crippen molar-refractivity contribution < 1.29 is 4.79 Å². The minimum absolute atomic E-state index is 0.0525. The van der Waals surface area contributed by atoms with E-state index in [1.165, 1.54) is 0 Å². The van der Waals surface area contributed by atoms with Gasteiger partial charge >= 0.3 is 0 Å². The number of nitrogens with one attached hydrogen (secondary N) is 1. The number of nitrogens with zero attached hydrogens (tertiary/aromatic N) is 1. The molecule has 1 aliphatic carbocycles. The number of likely N-dealkylation sites (N-methyl/N-ethyl adjacent to an activating group) is 1. The Kier molecular flexibility index (Phi) is 5.15. The highest BCUT2D eigenvalue weighted by atomic mass is 16.2. The Morgan fingerprint density at radius 3 is 2.60 bits per heavy atom. The van der Waals surface area contributed by atoms with Crippen molar-refractivity contribution in [2.24, 2.45) is 5.73 Å². The fourth-order valence-corrected chi connectivity index (χ4v) is 2.80. The second-order valence-electron chi connectivity index (χ2n) is 5.85. The van der Waals surface area contributed by atoms with Crippen LogP contribution in [0.15, 0.2) is 24.3 Å². The summed E-state index contributed by atoms with van der Waals surface area (Å²) in [6.45, 7) is 2.44. The van der Waals surface area contributed by atoms with Gasteiger partial charge in [-0.05, 0) is 51.3 Å². The summed E-state index contributed by atoms with van der Waals surface area (Å²) in [7, 11) is 2.03. The predicted molar refractivity (Wildman–Crippen MR) is 82.7 cm³/mol. The molecule has 4 nitrogen and oxygen atoms in total. The van der Waals surface area contributed by atoms with Gasteiger partial charge in [0.2, 0.25) is 5.91 Å². The molecular formula is C16H25N3O. The molecule has 1 aliphatic rings. The molecule has 0 aliphatic heterocycles. The summed E-state index contributed by atoms with van der Waals surface area (Å²) in [5.41, 5.74) is 7.91. The zero-order chi connectivity index (χ0) is 14.5. The minimum atomic E-state index is 0.0525. The van der Waals surface area contributed by atoms with E-state index in [0.717, 1.165) is 36.9 Å². The SMILES string of the molecule is Cc1ccccc1NC(=O)CN(C)C1CCC(N)CC1. The van der Waals surface area contributed by atoms with Crippen molar-refractivity contribution in [2.75, 3.05) is 18.9 Å². The number of para-hydroxylation sites is 1. The first-order valence-corrected chi connectivity index (χ1v) is 7.37. The van der Waals surface area contributed by atoms with E-state index >= 15 is 0 Å². The molecule has 0 aromatic heterocycles. The fourth-order valence-electron chi connectivity index (χ4n) is 2.80. The molecule has 0 unspecified atom stereocenters. The molecule has 3 N–H and O–H groups in total. The summed E-state index contributed by atoms with van der Waals surface area (Å²) in [4.78, 5) is 14.3. The number of hydrogen-bond donors (Lipinski definition) is 2. The number of amides is 1. The minimum Gasteiger partial charge on any atom is -0.328 e. The molecule has 110 valence electrons. The second kappa shape index (κ2) is 6.86. The molecule has 0 saturated heterocycles. The van der Waals surface area contributed by atoms with Gasteiger partial charge in [0.15, 0.2) is 0 Å². The number of carbonyl (C=O) groups is 1. The maximum Gasteiger partial charge on any atom is 0.238 e. The van der Waals surface area contributed by atoms with Crippen molar-refractivity contribution in [3.05, 3.63) is 29.8 Å². The lowest BCUT2D eigenvalue weighted by molar-refractivity contribution is -0.117. The van der Waals surface area contributed by atoms with E-state index in [0.29, 0.717) is 18.6 Å². The van der Waals surface area contributed by atoms with Gasteiger partial charge in [-0.3, -0.25) is 9.69 Å². The number of benzene rings is 1. The van der Waals surface area contributed by atoms with Crippen molar-refractivity contribution in [3.63, 3.8) is 0 Å². The van der Waals surface area contributed by atoms with E-state index in [1.54, 1.807) is 0 Å². The molecule has 0 bridgehead atoms. The van der Waals surface area contributed by atoms with Crippen LogP contribution in [0.2, 0.25) is 0 Å². The van der Waals surface area contributed by atoms with Gasteiger partial charge in [0.1, 0.15) is 0 Å². The predicted octanol–water partition coefficient (Wildman–Crippen LogP) is 2.14. The quantitative estimate of drug-likeness (QED) is 0.885. The van der Waals surface area contributed by atoms with Gasteiger partial charge < -0.3 is 11.1 Å². The first-order valence-electron chi connectivity index (χ1n) is 7.37. The Hall–Kier alpha value is -1.39. The van der Waals surface area contributed by atoms with Gasteiger partial charge in [0, 0.05) is 17.8 Å². The maximum atomic E-state index is 12.1. The summed E-state index contributed by atoms with van der Waals surface area (Å²) >= 11 is 0. The van der Waals surface area contributed by atoms with Crippen LogP contribution in [0.1, 0.15) is 31.2 Å². The van der Waals surface area contributed by atoms with E-state index < -0.39 is 0 Å². The molecule has 2 rings (SSSR count). The van der Waals surface area contributed by atoms with Crippen molar-refractivity contribution in [2.45, 2.75) is 44.7 Å². The summed E-state index contributed by atoms with van der Waals surface area (Å²) in [5, 5.41) is 2.98. The monoisotopic (exact) mass is 275 g/mol. The Morgan fingerprint density at radius 1 is 1.30 bits per heavy atom. The van der Waals surface area contributed by atoms with Crippen LogP contribution in [-0.4, -0.2) is 36.5 Å². The smallest absolute Gasteiger partial charge is 0.238 e. The van der Waals surface area contributed by atoms with Gasteiger partial charge in [-0.2, -0.15) is 0 Å². The summed E-state index contributed by atoms with van der Waals surface area (Å²) in [6.07, 6.45) is 4.31. The van der Waals surface area contributed by atoms with Crippen LogP contribution in [0.4, 0.5) is 5.69 Å². The van der Waals surface area contributed by atoms with Crippen molar-refractivity contribution in [3.8, 4) is 0 Å². The molecule has 1 amide bonds. The lowest BCUT2D eigenvalue weighted by Gasteiger charge is -2.33. The molecule has 0 heterocycles. The number of rotatable bonds is 4. The number of nitrogens with two attached hydrogens (primary N) is 1. The molecule has 1 fully saturated rings. The zero-order valence-corrected chi connectivity index (χ0v) is 12.4. The van der Waals surface area contributed by atoms with E-state index in [2.05, 4.69) is 10.2 Å². The highest BCUT2D eigenvalue weighted by molar-refractivity contribution is 5.92. The molecule has 4 heteroatoms. The van der Waals surface area contributed by atoms with E-state index in [9.17, 15) is 4.79 Å². The zero-order valence-electron chi connectivity index (χ0n) is 12.4. The summed E-state index contributed by atoms with van der Waals surface area (Å²) in [5.74, 6) is 0.0525. The Morgan fingerprint density at radius 2 is 1.95 bits per heavy atom. The first kappa shape index (κ1) is 15.0. The van der Waals surface area contributed by atoms with E-state index in [4.69, 9.17) is 5.73 Å². The van der Waals surface area contributed by atoms with Crippen LogP contribution >= 0.6 is 0 Å². The maximum absolute atomic E-state index is 12.1. The van der Waals surface area contributed by atoms with Crippen LogP contribution in [-0.2, 0) is 4.79 Å². The average Bonchev–Trinajstić information content (AvgIpc) is 2.42. The van der Waals surface area contributed by atoms with Gasteiger partial charge in [0.25, 0.3) is 0 Å². The number of aryl methyl sites for hydroxylation is 1. The second-order valence-corrected chi connectivity index (χ2v) is 5.85. The molecule has 1 saturated carbocycles. The molecule has 1 aromatic rings. The molecular weight excluding hydrogens is 250 g/mol.